The molecule has 0 fully saturated rings. The SMILES string of the molecule is C[C@H](NC(=O)c1cc(F)cc(F)c1)C(N)=O. The van der Waals surface area contributed by atoms with Crippen LogP contribution in [0.1, 0.15) is 17.3 Å². The second-order valence-corrected chi connectivity index (χ2v) is 3.26. The van der Waals surface area contributed by atoms with Crippen molar-refractivity contribution in [2.45, 2.75) is 13.0 Å². The topological polar surface area (TPSA) is 72.2 Å². The molecule has 0 saturated carbocycles. The first-order valence-electron chi connectivity index (χ1n) is 4.46. The molecule has 3 N–H and O–H groups in total. The first-order valence-corrected chi connectivity index (χ1v) is 4.46. The Hall–Kier alpha value is -1.98. The maximum Gasteiger partial charge on any atom is 0.252 e. The molecule has 0 aliphatic carbocycles. The van der Waals surface area contributed by atoms with E-state index in [2.05, 4.69) is 5.32 Å². The lowest BCUT2D eigenvalue weighted by Gasteiger charge is -2.09. The Labute approximate surface area is 90.4 Å². The maximum atomic E-state index is 12.8. The Morgan fingerprint density at radius 1 is 1.25 bits per heavy atom. The Morgan fingerprint density at radius 3 is 2.19 bits per heavy atom. The van der Waals surface area contributed by atoms with Gasteiger partial charge in [-0.2, -0.15) is 0 Å². The first-order chi connectivity index (χ1) is 7.40. The number of carbonyl (C=O) groups is 2. The molecule has 0 unspecified atom stereocenters. The van der Waals surface area contributed by atoms with E-state index in [9.17, 15) is 18.4 Å². The van der Waals surface area contributed by atoms with E-state index in [0.717, 1.165) is 12.1 Å². The summed E-state index contributed by atoms with van der Waals surface area (Å²) in [7, 11) is 0. The molecule has 86 valence electrons. The fourth-order valence-corrected chi connectivity index (χ4v) is 1.04. The van der Waals surface area contributed by atoms with Gasteiger partial charge in [0.2, 0.25) is 5.91 Å². The van der Waals surface area contributed by atoms with Crippen LogP contribution in [0.5, 0.6) is 0 Å². The minimum Gasteiger partial charge on any atom is -0.368 e. The molecular formula is C10H10F2N2O2. The average Bonchev–Trinajstić information content (AvgIpc) is 2.15. The van der Waals surface area contributed by atoms with Gasteiger partial charge in [-0.3, -0.25) is 9.59 Å². The van der Waals surface area contributed by atoms with Crippen molar-refractivity contribution in [2.24, 2.45) is 5.73 Å². The predicted octanol–water partition coefficient (Wildman–Crippen LogP) is 0.568. The zero-order chi connectivity index (χ0) is 12.3. The number of nitrogens with one attached hydrogen (secondary N) is 1. The van der Waals surface area contributed by atoms with Crippen LogP contribution in [0.2, 0.25) is 0 Å². The Morgan fingerprint density at radius 2 is 1.75 bits per heavy atom. The average molecular weight is 228 g/mol. The van der Waals surface area contributed by atoms with Crippen LogP contribution in [-0.4, -0.2) is 17.9 Å². The molecule has 0 heterocycles. The summed E-state index contributed by atoms with van der Waals surface area (Å²) < 4.78 is 25.5. The number of hydrogen-bond donors (Lipinski definition) is 2. The highest BCUT2D eigenvalue weighted by Crippen LogP contribution is 2.07. The zero-order valence-corrected chi connectivity index (χ0v) is 8.46. The number of amides is 2. The fraction of sp³-hybridized carbons (Fsp3) is 0.200. The number of halogens is 2. The van der Waals surface area contributed by atoms with Gasteiger partial charge < -0.3 is 11.1 Å². The summed E-state index contributed by atoms with van der Waals surface area (Å²) >= 11 is 0. The molecule has 0 aromatic heterocycles. The lowest BCUT2D eigenvalue weighted by Crippen LogP contribution is -2.42. The van der Waals surface area contributed by atoms with Gasteiger partial charge in [0.25, 0.3) is 5.91 Å². The summed E-state index contributed by atoms with van der Waals surface area (Å²) in [6, 6.07) is 1.48. The summed E-state index contributed by atoms with van der Waals surface area (Å²) in [4.78, 5) is 22.1. The molecule has 0 spiro atoms. The van der Waals surface area contributed by atoms with Crippen molar-refractivity contribution in [1.29, 1.82) is 0 Å². The van der Waals surface area contributed by atoms with E-state index < -0.39 is 29.5 Å². The van der Waals surface area contributed by atoms with Crippen molar-refractivity contribution in [1.82, 2.24) is 5.32 Å². The van der Waals surface area contributed by atoms with Crippen molar-refractivity contribution < 1.29 is 18.4 Å². The van der Waals surface area contributed by atoms with Gasteiger partial charge in [0.1, 0.15) is 17.7 Å². The van der Waals surface area contributed by atoms with Crippen molar-refractivity contribution in [2.75, 3.05) is 0 Å². The van der Waals surface area contributed by atoms with Crippen LogP contribution in [0.3, 0.4) is 0 Å². The molecule has 1 rings (SSSR count). The molecule has 0 aliphatic rings. The Kier molecular flexibility index (Phi) is 3.55. The standard InChI is InChI=1S/C10H10F2N2O2/c1-5(9(13)15)14-10(16)6-2-7(11)4-8(12)3-6/h2-5H,1H3,(H2,13,15)(H,14,16)/t5-/m0/s1. The second-order valence-electron chi connectivity index (χ2n) is 3.26. The highest BCUT2D eigenvalue weighted by molar-refractivity contribution is 5.97. The minimum absolute atomic E-state index is 0.203. The highest BCUT2D eigenvalue weighted by atomic mass is 19.1. The molecule has 16 heavy (non-hydrogen) atoms. The minimum atomic E-state index is -0.904. The molecule has 0 radical (unpaired) electrons. The van der Waals surface area contributed by atoms with Gasteiger partial charge in [-0.1, -0.05) is 0 Å². The van der Waals surface area contributed by atoms with Crippen LogP contribution in [0.4, 0.5) is 8.78 Å². The van der Waals surface area contributed by atoms with Crippen LogP contribution < -0.4 is 11.1 Å². The Bertz CT molecular complexity index is 415. The van der Waals surface area contributed by atoms with Crippen LogP contribution >= 0.6 is 0 Å². The van der Waals surface area contributed by atoms with Crippen molar-refractivity contribution >= 4 is 11.8 Å². The smallest absolute Gasteiger partial charge is 0.252 e. The molecule has 1 atom stereocenters. The van der Waals surface area contributed by atoms with E-state index in [1.54, 1.807) is 0 Å². The van der Waals surface area contributed by atoms with E-state index in [1.807, 2.05) is 0 Å². The second kappa shape index (κ2) is 4.69. The summed E-state index contributed by atoms with van der Waals surface area (Å²) in [5.74, 6) is -3.22. The highest BCUT2D eigenvalue weighted by Gasteiger charge is 2.14. The molecule has 1 aromatic carbocycles. The molecular weight excluding hydrogens is 218 g/mol. The fourth-order valence-electron chi connectivity index (χ4n) is 1.04. The normalized spacial score (nSPS) is 11.9. The third kappa shape index (κ3) is 3.01. The van der Waals surface area contributed by atoms with Crippen LogP contribution in [-0.2, 0) is 4.79 Å². The molecule has 6 heteroatoms. The van der Waals surface area contributed by atoms with E-state index in [1.165, 1.54) is 6.92 Å². The molecule has 0 aliphatic heterocycles. The van der Waals surface area contributed by atoms with Crippen LogP contribution in [0.15, 0.2) is 18.2 Å². The molecule has 0 bridgehead atoms. The molecule has 1 aromatic rings. The van der Waals surface area contributed by atoms with E-state index in [0.29, 0.717) is 6.07 Å². The van der Waals surface area contributed by atoms with Gasteiger partial charge in [-0.25, -0.2) is 8.78 Å². The predicted molar refractivity (Wildman–Crippen MR) is 52.5 cm³/mol. The number of nitrogens with two attached hydrogens (primary N) is 1. The zero-order valence-electron chi connectivity index (χ0n) is 8.46. The quantitative estimate of drug-likeness (QED) is 0.793. The van der Waals surface area contributed by atoms with Gasteiger partial charge in [0.15, 0.2) is 0 Å². The van der Waals surface area contributed by atoms with Gasteiger partial charge >= 0.3 is 0 Å². The van der Waals surface area contributed by atoms with Gasteiger partial charge in [-0.15, -0.1) is 0 Å². The van der Waals surface area contributed by atoms with Crippen molar-refractivity contribution in [3.8, 4) is 0 Å². The number of primary amides is 1. The number of hydrogen-bond acceptors (Lipinski definition) is 2. The third-order valence-electron chi connectivity index (χ3n) is 1.90. The van der Waals surface area contributed by atoms with Crippen LogP contribution in [0, 0.1) is 11.6 Å². The number of benzene rings is 1. The lowest BCUT2D eigenvalue weighted by molar-refractivity contribution is -0.119. The summed E-state index contributed by atoms with van der Waals surface area (Å²) in [5.41, 5.74) is 4.72. The van der Waals surface area contributed by atoms with E-state index in [4.69, 9.17) is 5.73 Å². The van der Waals surface area contributed by atoms with E-state index >= 15 is 0 Å². The monoisotopic (exact) mass is 228 g/mol. The Balaban J connectivity index is 2.84. The van der Waals surface area contributed by atoms with Crippen LogP contribution in [0.25, 0.3) is 0 Å². The molecule has 4 nitrogen and oxygen atoms in total. The van der Waals surface area contributed by atoms with Gasteiger partial charge in [0, 0.05) is 11.6 Å². The largest absolute Gasteiger partial charge is 0.368 e. The lowest BCUT2D eigenvalue weighted by atomic mass is 10.2. The van der Waals surface area contributed by atoms with Gasteiger partial charge in [0.05, 0.1) is 0 Å². The molecule has 2 amide bonds. The summed E-state index contributed by atoms with van der Waals surface area (Å²) in [6.07, 6.45) is 0. The van der Waals surface area contributed by atoms with Crippen molar-refractivity contribution in [3.63, 3.8) is 0 Å². The summed E-state index contributed by atoms with van der Waals surface area (Å²) in [5, 5.41) is 2.20. The first kappa shape index (κ1) is 12.1. The third-order valence-corrected chi connectivity index (χ3v) is 1.90. The molecule has 0 saturated heterocycles. The van der Waals surface area contributed by atoms with E-state index in [-0.39, 0.29) is 5.56 Å². The number of rotatable bonds is 3. The maximum absolute atomic E-state index is 12.8. The van der Waals surface area contributed by atoms with Crippen molar-refractivity contribution in [3.05, 3.63) is 35.4 Å². The van der Waals surface area contributed by atoms with Gasteiger partial charge in [-0.05, 0) is 19.1 Å². The number of carbonyl (C=O) groups excluding carboxylic acids is 2. The summed E-state index contributed by atoms with van der Waals surface area (Å²) in [6.45, 7) is 1.37.